The molecule has 0 atom stereocenters. The molecule has 0 unspecified atom stereocenters. The van der Waals surface area contributed by atoms with Gasteiger partial charge in [0.25, 0.3) is 0 Å². The average Bonchev–Trinajstić information content (AvgIpc) is 2.18. The molecule has 3 heteroatoms. The predicted octanol–water partition coefficient (Wildman–Crippen LogP) is 2.78. The molecule has 0 bridgehead atoms. The molecule has 0 radical (unpaired) electrons. The van der Waals surface area contributed by atoms with Gasteiger partial charge < -0.3 is 10.1 Å². The first-order valence-corrected chi connectivity index (χ1v) is 6.49. The van der Waals surface area contributed by atoms with E-state index in [-0.39, 0.29) is 0 Å². The minimum absolute atomic E-state index is 0.302. The molecular weight excluding hydrogens is 234 g/mol. The quantitative estimate of drug-likeness (QED) is 0.806. The minimum Gasteiger partial charge on any atom is -0.493 e. The zero-order valence-corrected chi connectivity index (χ0v) is 12.0. The maximum absolute atomic E-state index is 5.89. The van der Waals surface area contributed by atoms with Crippen LogP contribution in [0.25, 0.3) is 0 Å². The highest BCUT2D eigenvalue weighted by molar-refractivity contribution is 6.30. The number of benzene rings is 1. The van der Waals surface area contributed by atoms with Gasteiger partial charge in [-0.1, -0.05) is 11.6 Å². The lowest BCUT2D eigenvalue weighted by atomic mass is 10.1. The number of quaternary nitrogens is 1. The number of hydrogen-bond donors (Lipinski definition) is 1. The van der Waals surface area contributed by atoms with Crippen LogP contribution in [0.2, 0.25) is 5.02 Å². The van der Waals surface area contributed by atoms with E-state index in [0.29, 0.717) is 5.54 Å². The average molecular weight is 257 g/mol. The molecule has 1 rings (SSSR count). The van der Waals surface area contributed by atoms with Crippen LogP contribution < -0.4 is 10.1 Å². The number of rotatable bonds is 5. The van der Waals surface area contributed by atoms with Crippen LogP contribution in [0.15, 0.2) is 18.2 Å². The van der Waals surface area contributed by atoms with Crippen LogP contribution in [0, 0.1) is 6.92 Å². The third-order valence-corrected chi connectivity index (χ3v) is 2.73. The monoisotopic (exact) mass is 256 g/mol. The van der Waals surface area contributed by atoms with Crippen molar-refractivity contribution >= 4 is 11.6 Å². The van der Waals surface area contributed by atoms with E-state index in [4.69, 9.17) is 16.3 Å². The summed E-state index contributed by atoms with van der Waals surface area (Å²) in [5, 5.41) is 3.10. The molecule has 1 aromatic rings. The first kappa shape index (κ1) is 14.3. The molecule has 2 nitrogen and oxygen atoms in total. The smallest absolute Gasteiger partial charge is 0.122 e. The number of ether oxygens (including phenoxy) is 1. The lowest BCUT2D eigenvalue weighted by molar-refractivity contribution is -0.717. The Morgan fingerprint density at radius 2 is 2.00 bits per heavy atom. The van der Waals surface area contributed by atoms with Crippen molar-refractivity contribution in [3.8, 4) is 5.75 Å². The van der Waals surface area contributed by atoms with E-state index in [1.807, 2.05) is 25.1 Å². The van der Waals surface area contributed by atoms with Crippen molar-refractivity contribution in [3.05, 3.63) is 28.8 Å². The van der Waals surface area contributed by atoms with Crippen molar-refractivity contribution < 1.29 is 10.1 Å². The molecule has 0 aliphatic rings. The van der Waals surface area contributed by atoms with Crippen LogP contribution >= 0.6 is 11.6 Å². The second kappa shape index (κ2) is 6.27. The molecule has 1 aromatic carbocycles. The molecule has 0 saturated carbocycles. The molecule has 0 aromatic heterocycles. The standard InChI is InChI=1S/C14H22ClNO/c1-11-10-12(15)6-7-13(11)17-9-5-8-16-14(2,3)4/h6-7,10,16H,5,8-9H2,1-4H3/p+1. The molecule has 0 amide bonds. The molecule has 0 fully saturated rings. The summed E-state index contributed by atoms with van der Waals surface area (Å²) >= 11 is 5.89. The predicted molar refractivity (Wildman–Crippen MR) is 72.8 cm³/mol. The molecule has 0 spiro atoms. The Labute approximate surface area is 109 Å². The van der Waals surface area contributed by atoms with Crippen LogP contribution in [0.1, 0.15) is 32.8 Å². The van der Waals surface area contributed by atoms with E-state index in [9.17, 15) is 0 Å². The zero-order chi connectivity index (χ0) is 12.9. The van der Waals surface area contributed by atoms with Gasteiger partial charge in [-0.2, -0.15) is 0 Å². The van der Waals surface area contributed by atoms with Crippen LogP contribution in [0.3, 0.4) is 0 Å². The van der Waals surface area contributed by atoms with Crippen LogP contribution in [0.4, 0.5) is 0 Å². The first-order valence-electron chi connectivity index (χ1n) is 6.12. The summed E-state index contributed by atoms with van der Waals surface area (Å²) in [6, 6.07) is 5.73. The van der Waals surface area contributed by atoms with Gasteiger partial charge in [-0.3, -0.25) is 0 Å². The normalized spacial score (nSPS) is 11.6. The molecule has 2 N–H and O–H groups in total. The fourth-order valence-corrected chi connectivity index (χ4v) is 1.80. The molecule has 96 valence electrons. The van der Waals surface area contributed by atoms with Gasteiger partial charge >= 0.3 is 0 Å². The van der Waals surface area contributed by atoms with Crippen molar-refractivity contribution in [2.24, 2.45) is 0 Å². The largest absolute Gasteiger partial charge is 0.493 e. The Balaban J connectivity index is 2.27. The number of aryl methyl sites for hydroxylation is 1. The third-order valence-electron chi connectivity index (χ3n) is 2.50. The summed E-state index contributed by atoms with van der Waals surface area (Å²) in [7, 11) is 0. The second-order valence-electron chi connectivity index (χ2n) is 5.47. The Morgan fingerprint density at radius 1 is 1.29 bits per heavy atom. The van der Waals surface area contributed by atoms with E-state index in [0.717, 1.165) is 35.9 Å². The van der Waals surface area contributed by atoms with Crippen molar-refractivity contribution in [2.45, 2.75) is 39.7 Å². The maximum atomic E-state index is 5.89. The molecule has 0 aliphatic heterocycles. The lowest BCUT2D eigenvalue weighted by Gasteiger charge is -2.17. The Kier molecular flexibility index (Phi) is 5.29. The number of halogens is 1. The van der Waals surface area contributed by atoms with Gasteiger partial charge in [-0.05, 0) is 51.5 Å². The van der Waals surface area contributed by atoms with E-state index < -0.39 is 0 Å². The molecular formula is C14H23ClNO+. The van der Waals surface area contributed by atoms with Gasteiger partial charge in [0.05, 0.1) is 18.7 Å². The van der Waals surface area contributed by atoms with Gasteiger partial charge in [0.2, 0.25) is 0 Å². The highest BCUT2D eigenvalue weighted by Gasteiger charge is 2.11. The Bertz CT molecular complexity index is 358. The van der Waals surface area contributed by atoms with Gasteiger partial charge in [0.15, 0.2) is 0 Å². The summed E-state index contributed by atoms with van der Waals surface area (Å²) in [5.74, 6) is 0.935. The number of nitrogens with two attached hydrogens (primary N) is 1. The molecule has 0 aliphatic carbocycles. The van der Waals surface area contributed by atoms with Crippen molar-refractivity contribution in [1.82, 2.24) is 0 Å². The van der Waals surface area contributed by atoms with Crippen LogP contribution in [0.5, 0.6) is 5.75 Å². The van der Waals surface area contributed by atoms with Crippen molar-refractivity contribution in [1.29, 1.82) is 0 Å². The molecule has 0 saturated heterocycles. The number of hydrogen-bond acceptors (Lipinski definition) is 1. The van der Waals surface area contributed by atoms with Crippen molar-refractivity contribution in [3.63, 3.8) is 0 Å². The van der Waals surface area contributed by atoms with E-state index in [1.54, 1.807) is 0 Å². The fraction of sp³-hybridized carbons (Fsp3) is 0.571. The molecule has 17 heavy (non-hydrogen) atoms. The zero-order valence-electron chi connectivity index (χ0n) is 11.2. The highest BCUT2D eigenvalue weighted by Crippen LogP contribution is 2.21. The molecule has 0 heterocycles. The van der Waals surface area contributed by atoms with Gasteiger partial charge in [0, 0.05) is 11.4 Å². The summed E-state index contributed by atoms with van der Waals surface area (Å²) in [4.78, 5) is 0. The minimum atomic E-state index is 0.302. The summed E-state index contributed by atoms with van der Waals surface area (Å²) in [6.45, 7) is 10.5. The van der Waals surface area contributed by atoms with Crippen LogP contribution in [-0.2, 0) is 0 Å². The maximum Gasteiger partial charge on any atom is 0.122 e. The summed E-state index contributed by atoms with van der Waals surface area (Å²) < 4.78 is 5.73. The Hall–Kier alpha value is -0.730. The van der Waals surface area contributed by atoms with Gasteiger partial charge in [-0.15, -0.1) is 0 Å². The summed E-state index contributed by atoms with van der Waals surface area (Å²) in [5.41, 5.74) is 1.40. The Morgan fingerprint density at radius 3 is 2.59 bits per heavy atom. The summed E-state index contributed by atoms with van der Waals surface area (Å²) in [6.07, 6.45) is 1.05. The van der Waals surface area contributed by atoms with Gasteiger partial charge in [-0.25, -0.2) is 0 Å². The third kappa shape index (κ3) is 5.94. The van der Waals surface area contributed by atoms with E-state index in [1.165, 1.54) is 0 Å². The lowest BCUT2D eigenvalue weighted by Crippen LogP contribution is -2.94. The topological polar surface area (TPSA) is 25.8 Å². The first-order chi connectivity index (χ1) is 7.88. The van der Waals surface area contributed by atoms with Crippen molar-refractivity contribution in [2.75, 3.05) is 13.2 Å². The SMILES string of the molecule is Cc1cc(Cl)ccc1OCCC[NH2+]C(C)(C)C. The highest BCUT2D eigenvalue weighted by atomic mass is 35.5. The van der Waals surface area contributed by atoms with E-state index >= 15 is 0 Å². The van der Waals surface area contributed by atoms with Crippen LogP contribution in [-0.4, -0.2) is 18.7 Å². The fourth-order valence-electron chi connectivity index (χ4n) is 1.58. The van der Waals surface area contributed by atoms with E-state index in [2.05, 4.69) is 26.1 Å². The second-order valence-corrected chi connectivity index (χ2v) is 5.91. The van der Waals surface area contributed by atoms with Gasteiger partial charge in [0.1, 0.15) is 5.75 Å².